The van der Waals surface area contributed by atoms with Gasteiger partial charge in [-0.15, -0.1) is 0 Å². The third-order valence-corrected chi connectivity index (χ3v) is 6.29. The van der Waals surface area contributed by atoms with Gasteiger partial charge in [-0.05, 0) is 32.4 Å². The summed E-state index contributed by atoms with van der Waals surface area (Å²) in [6.45, 7) is 5.59. The Balaban J connectivity index is 1.76. The van der Waals surface area contributed by atoms with Gasteiger partial charge in [-0.25, -0.2) is 8.42 Å². The standard InChI is InChI=1S/C17H24N2O4S/c1-12-9-19(10-13(2)23-12)16-6-4-3-5-15(16)18-17(20)14-7-8-24(21,22)11-14/h3-6,12-14H,7-11H2,1-2H3,(H,18,20)/t12-,13+,14-/m0/s1. The van der Waals surface area contributed by atoms with Crippen molar-refractivity contribution in [2.45, 2.75) is 32.5 Å². The summed E-state index contributed by atoms with van der Waals surface area (Å²) in [4.78, 5) is 14.7. The van der Waals surface area contributed by atoms with Crippen LogP contribution in [0.25, 0.3) is 0 Å². The molecule has 2 aliphatic heterocycles. The monoisotopic (exact) mass is 352 g/mol. The van der Waals surface area contributed by atoms with E-state index in [9.17, 15) is 13.2 Å². The van der Waals surface area contributed by atoms with Gasteiger partial charge >= 0.3 is 0 Å². The second-order valence-corrected chi connectivity index (χ2v) is 9.00. The third kappa shape index (κ3) is 3.89. The van der Waals surface area contributed by atoms with Gasteiger partial charge in [-0.1, -0.05) is 12.1 Å². The molecule has 0 unspecified atom stereocenters. The van der Waals surface area contributed by atoms with Crippen LogP contribution in [0, 0.1) is 5.92 Å². The van der Waals surface area contributed by atoms with E-state index >= 15 is 0 Å². The van der Waals surface area contributed by atoms with E-state index in [0.29, 0.717) is 6.42 Å². The van der Waals surface area contributed by atoms with Crippen molar-refractivity contribution >= 4 is 27.1 Å². The van der Waals surface area contributed by atoms with E-state index in [2.05, 4.69) is 10.2 Å². The quantitative estimate of drug-likeness (QED) is 0.896. The molecule has 2 heterocycles. The molecule has 1 amide bonds. The Kier molecular flexibility index (Phi) is 4.83. The lowest BCUT2D eigenvalue weighted by atomic mass is 10.1. The number of amides is 1. The van der Waals surface area contributed by atoms with Crippen LogP contribution in [0.3, 0.4) is 0 Å². The van der Waals surface area contributed by atoms with Gasteiger partial charge in [0, 0.05) is 13.1 Å². The highest BCUT2D eigenvalue weighted by molar-refractivity contribution is 7.91. The smallest absolute Gasteiger partial charge is 0.228 e. The van der Waals surface area contributed by atoms with Crippen LogP contribution in [-0.2, 0) is 19.4 Å². The summed E-state index contributed by atoms with van der Waals surface area (Å²) in [5, 5.41) is 2.93. The fourth-order valence-electron chi connectivity index (χ4n) is 3.47. The number of nitrogens with one attached hydrogen (secondary N) is 1. The molecule has 3 atom stereocenters. The number of rotatable bonds is 3. The Labute approximate surface area is 143 Å². The first-order valence-corrected chi connectivity index (χ1v) is 10.2. The number of hydrogen-bond donors (Lipinski definition) is 1. The number of benzene rings is 1. The maximum absolute atomic E-state index is 12.4. The van der Waals surface area contributed by atoms with E-state index < -0.39 is 15.8 Å². The Morgan fingerprint density at radius 3 is 2.50 bits per heavy atom. The Bertz CT molecular complexity index is 709. The molecule has 2 aliphatic rings. The van der Waals surface area contributed by atoms with Crippen molar-refractivity contribution < 1.29 is 17.9 Å². The highest BCUT2D eigenvalue weighted by atomic mass is 32.2. The van der Waals surface area contributed by atoms with Crippen molar-refractivity contribution in [3.05, 3.63) is 24.3 Å². The van der Waals surface area contributed by atoms with E-state index in [4.69, 9.17) is 4.74 Å². The summed E-state index contributed by atoms with van der Waals surface area (Å²) in [6.07, 6.45) is 0.650. The molecule has 1 aromatic rings. The summed E-state index contributed by atoms with van der Waals surface area (Å²) in [5.41, 5.74) is 1.68. The lowest BCUT2D eigenvalue weighted by Crippen LogP contribution is -2.45. The molecule has 0 saturated carbocycles. The molecule has 0 bridgehead atoms. The van der Waals surface area contributed by atoms with Crippen molar-refractivity contribution in [1.82, 2.24) is 0 Å². The molecule has 2 saturated heterocycles. The summed E-state index contributed by atoms with van der Waals surface area (Å²) in [7, 11) is -3.07. The number of nitrogens with zero attached hydrogens (tertiary/aromatic N) is 1. The molecule has 132 valence electrons. The van der Waals surface area contributed by atoms with Crippen LogP contribution in [0.5, 0.6) is 0 Å². The number of anilines is 2. The number of sulfone groups is 1. The fraction of sp³-hybridized carbons (Fsp3) is 0.588. The molecule has 0 radical (unpaired) electrons. The van der Waals surface area contributed by atoms with E-state index in [-0.39, 0.29) is 29.6 Å². The minimum Gasteiger partial charge on any atom is -0.372 e. The Morgan fingerprint density at radius 1 is 1.21 bits per heavy atom. The van der Waals surface area contributed by atoms with Crippen molar-refractivity contribution in [3.8, 4) is 0 Å². The number of morpholine rings is 1. The highest BCUT2D eigenvalue weighted by Crippen LogP contribution is 2.30. The SMILES string of the molecule is C[C@@H]1CN(c2ccccc2NC(=O)[C@H]2CCS(=O)(=O)C2)C[C@H](C)O1. The maximum Gasteiger partial charge on any atom is 0.228 e. The summed E-state index contributed by atoms with van der Waals surface area (Å²) >= 11 is 0. The minimum absolute atomic E-state index is 0.0490. The first kappa shape index (κ1) is 17.2. The average Bonchev–Trinajstić information content (AvgIpc) is 2.87. The van der Waals surface area contributed by atoms with Gasteiger partial charge in [-0.3, -0.25) is 4.79 Å². The lowest BCUT2D eigenvalue weighted by Gasteiger charge is -2.37. The van der Waals surface area contributed by atoms with Gasteiger partial charge in [0.25, 0.3) is 0 Å². The first-order chi connectivity index (χ1) is 11.3. The van der Waals surface area contributed by atoms with Crippen LogP contribution >= 0.6 is 0 Å². The fourth-order valence-corrected chi connectivity index (χ4v) is 5.21. The second-order valence-electron chi connectivity index (χ2n) is 6.77. The first-order valence-electron chi connectivity index (χ1n) is 8.35. The predicted octanol–water partition coefficient (Wildman–Crippen LogP) is 1.67. The molecule has 2 fully saturated rings. The Hall–Kier alpha value is -1.60. The molecule has 0 spiro atoms. The number of carbonyl (C=O) groups is 1. The normalized spacial score (nSPS) is 29.4. The molecule has 0 aliphatic carbocycles. The summed E-state index contributed by atoms with van der Waals surface area (Å²) < 4.78 is 28.9. The predicted molar refractivity (Wildman–Crippen MR) is 94.1 cm³/mol. The summed E-state index contributed by atoms with van der Waals surface area (Å²) in [6, 6.07) is 7.65. The maximum atomic E-state index is 12.4. The largest absolute Gasteiger partial charge is 0.372 e. The van der Waals surface area contributed by atoms with Crippen LogP contribution in [0.1, 0.15) is 20.3 Å². The number of para-hydroxylation sites is 2. The lowest BCUT2D eigenvalue weighted by molar-refractivity contribution is -0.119. The topological polar surface area (TPSA) is 75.7 Å². The van der Waals surface area contributed by atoms with Gasteiger partial charge in [-0.2, -0.15) is 0 Å². The van der Waals surface area contributed by atoms with Crippen LogP contribution in [0.15, 0.2) is 24.3 Å². The zero-order valence-electron chi connectivity index (χ0n) is 14.1. The molecular weight excluding hydrogens is 328 g/mol. The van der Waals surface area contributed by atoms with Crippen LogP contribution < -0.4 is 10.2 Å². The number of ether oxygens (including phenoxy) is 1. The molecule has 7 heteroatoms. The van der Waals surface area contributed by atoms with Crippen LogP contribution in [0.4, 0.5) is 11.4 Å². The molecule has 6 nitrogen and oxygen atoms in total. The minimum atomic E-state index is -3.07. The van der Waals surface area contributed by atoms with Crippen molar-refractivity contribution in [2.75, 3.05) is 34.8 Å². The van der Waals surface area contributed by atoms with E-state index in [0.717, 1.165) is 24.5 Å². The van der Waals surface area contributed by atoms with Gasteiger partial charge in [0.15, 0.2) is 9.84 Å². The highest BCUT2D eigenvalue weighted by Gasteiger charge is 2.33. The number of hydrogen-bond acceptors (Lipinski definition) is 5. The van der Waals surface area contributed by atoms with Crippen molar-refractivity contribution in [2.24, 2.45) is 5.92 Å². The molecule has 1 N–H and O–H groups in total. The number of carbonyl (C=O) groups excluding carboxylic acids is 1. The molecule has 24 heavy (non-hydrogen) atoms. The van der Waals surface area contributed by atoms with Gasteiger partial charge in [0.1, 0.15) is 0 Å². The van der Waals surface area contributed by atoms with Gasteiger partial charge in [0.05, 0.1) is 41.0 Å². The summed E-state index contributed by atoms with van der Waals surface area (Å²) in [5.74, 6) is -0.610. The molecule has 0 aromatic heterocycles. The Morgan fingerprint density at radius 2 is 1.88 bits per heavy atom. The molecule has 3 rings (SSSR count). The van der Waals surface area contributed by atoms with Gasteiger partial charge < -0.3 is 15.0 Å². The third-order valence-electron chi connectivity index (χ3n) is 4.53. The van der Waals surface area contributed by atoms with Crippen molar-refractivity contribution in [1.29, 1.82) is 0 Å². The molecule has 1 aromatic carbocycles. The second kappa shape index (κ2) is 6.72. The van der Waals surface area contributed by atoms with Gasteiger partial charge in [0.2, 0.25) is 5.91 Å². The van der Waals surface area contributed by atoms with E-state index in [1.54, 1.807) is 0 Å². The van der Waals surface area contributed by atoms with Crippen LogP contribution in [-0.4, -0.2) is 51.1 Å². The van der Waals surface area contributed by atoms with Crippen LogP contribution in [0.2, 0.25) is 0 Å². The van der Waals surface area contributed by atoms with E-state index in [1.807, 2.05) is 38.1 Å². The average molecular weight is 352 g/mol. The zero-order valence-corrected chi connectivity index (χ0v) is 14.9. The van der Waals surface area contributed by atoms with Crippen molar-refractivity contribution in [3.63, 3.8) is 0 Å². The van der Waals surface area contributed by atoms with E-state index in [1.165, 1.54) is 0 Å². The molecular formula is C17H24N2O4S. The zero-order chi connectivity index (χ0) is 17.3.